The summed E-state index contributed by atoms with van der Waals surface area (Å²) in [7, 11) is -2.73. The first-order valence-electron chi connectivity index (χ1n) is 20.8. The first-order chi connectivity index (χ1) is 28.1. The number of halogens is 1. The second-order valence-electron chi connectivity index (χ2n) is 17.5. The molecule has 0 aliphatic carbocycles. The number of phenolic OH excluding ortho intramolecular Hbond substituents is 1. The highest BCUT2D eigenvalue weighted by molar-refractivity contribution is 6.99. The molecule has 2 heterocycles. The van der Waals surface area contributed by atoms with Crippen molar-refractivity contribution in [3.63, 3.8) is 0 Å². The first-order valence-corrected chi connectivity index (χ1v) is 23.1. The number of rotatable bonds is 13. The maximum absolute atomic E-state index is 13.7. The minimum absolute atomic E-state index is 0.131. The largest absolute Gasteiger partial charge is 0.507 e. The number of carbonyl (C=O) groups is 2. The van der Waals surface area contributed by atoms with E-state index in [4.69, 9.17) is 25.5 Å². The van der Waals surface area contributed by atoms with Gasteiger partial charge in [0.15, 0.2) is 5.78 Å². The van der Waals surface area contributed by atoms with Crippen molar-refractivity contribution >= 4 is 53.9 Å². The highest BCUT2D eigenvalue weighted by Crippen LogP contribution is 2.38. The highest BCUT2D eigenvalue weighted by atomic mass is 35.5. The molecule has 0 spiro atoms. The van der Waals surface area contributed by atoms with E-state index >= 15 is 0 Å². The van der Waals surface area contributed by atoms with Gasteiger partial charge in [-0.05, 0) is 98.4 Å². The molecule has 2 aliphatic rings. The van der Waals surface area contributed by atoms with Crippen LogP contribution >= 0.6 is 11.6 Å². The number of ketones is 1. The number of anilines is 1. The minimum atomic E-state index is -2.73. The lowest BCUT2D eigenvalue weighted by atomic mass is 10.0. The smallest absolute Gasteiger partial charge is 0.410 e. The second-order valence-corrected chi connectivity index (χ2v) is 22.2. The van der Waals surface area contributed by atoms with Gasteiger partial charge in [-0.1, -0.05) is 99.1 Å². The SMILES string of the molecule is CCOc1cc(O)c(C(=O)/C=C/c2ccc(N3CCN(C(=O)OC(C)(C)C)CC3)cc2Cl)cc1CN1CCC[C@@H]1CO[Si](c1ccccc1)(c1ccccc1)C(C)(C)C. The van der Waals surface area contributed by atoms with E-state index in [1.807, 2.05) is 45.9 Å². The molecular weight excluding hydrogens is 778 g/mol. The number of phenols is 1. The number of piperazine rings is 1. The number of hydrogen-bond donors (Lipinski definition) is 1. The topological polar surface area (TPSA) is 91.8 Å². The fourth-order valence-electron chi connectivity index (χ4n) is 8.30. The summed E-state index contributed by atoms with van der Waals surface area (Å²) in [4.78, 5) is 32.6. The summed E-state index contributed by atoms with van der Waals surface area (Å²) >= 11 is 6.75. The Labute approximate surface area is 356 Å². The number of aromatic hydroxyl groups is 1. The average molecular weight is 839 g/mol. The van der Waals surface area contributed by atoms with Gasteiger partial charge in [-0.15, -0.1) is 0 Å². The number of hydrogen-bond acceptors (Lipinski definition) is 8. The van der Waals surface area contributed by atoms with Gasteiger partial charge >= 0.3 is 6.09 Å². The molecule has 0 radical (unpaired) electrons. The fraction of sp³-hybridized carbons (Fsp3) is 0.417. The van der Waals surface area contributed by atoms with E-state index in [-0.39, 0.29) is 34.3 Å². The molecular formula is C48H60ClN3O6Si. The van der Waals surface area contributed by atoms with E-state index in [0.29, 0.717) is 62.3 Å². The molecule has 4 aromatic carbocycles. The summed E-state index contributed by atoms with van der Waals surface area (Å²) in [5.74, 6) is 0.0969. The molecule has 1 amide bonds. The van der Waals surface area contributed by atoms with Gasteiger partial charge in [-0.25, -0.2) is 4.79 Å². The predicted molar refractivity (Wildman–Crippen MR) is 241 cm³/mol. The number of benzene rings is 4. The highest BCUT2D eigenvalue weighted by Gasteiger charge is 2.50. The summed E-state index contributed by atoms with van der Waals surface area (Å²) in [6.07, 6.45) is 4.87. The number of ether oxygens (including phenoxy) is 2. The van der Waals surface area contributed by atoms with Gasteiger partial charge in [-0.3, -0.25) is 9.69 Å². The molecule has 9 nitrogen and oxygen atoms in total. The second kappa shape index (κ2) is 18.8. The fourth-order valence-corrected chi connectivity index (χ4v) is 13.1. The van der Waals surface area contributed by atoms with Gasteiger partial charge in [0, 0.05) is 61.1 Å². The molecule has 4 aromatic rings. The van der Waals surface area contributed by atoms with Crippen LogP contribution in [0.3, 0.4) is 0 Å². The zero-order valence-corrected chi connectivity index (χ0v) is 37.4. The third-order valence-corrected chi connectivity index (χ3v) is 16.6. The lowest BCUT2D eigenvalue weighted by Gasteiger charge is -2.44. The molecule has 0 aromatic heterocycles. The molecule has 0 unspecified atom stereocenters. The van der Waals surface area contributed by atoms with E-state index in [1.54, 1.807) is 23.1 Å². The number of allylic oxidation sites excluding steroid dienone is 1. The van der Waals surface area contributed by atoms with E-state index in [1.165, 1.54) is 16.4 Å². The first kappa shape index (κ1) is 44.0. The van der Waals surface area contributed by atoms with Crippen LogP contribution < -0.4 is 20.0 Å². The Balaban J connectivity index is 1.16. The van der Waals surface area contributed by atoms with Crippen LogP contribution in [0.15, 0.2) is 97.1 Å². The lowest BCUT2D eigenvalue weighted by Crippen LogP contribution is -2.67. The third kappa shape index (κ3) is 10.4. The summed E-state index contributed by atoms with van der Waals surface area (Å²) in [5.41, 5.74) is 2.13. The number of amides is 1. The molecule has 0 bridgehead atoms. The standard InChI is InChI=1S/C48H60ClN3O6Si/c1-8-56-45-32-44(54)41(43(53)24-22-35-21-23-37(31-42(35)49)50-26-28-51(29-27-50)46(55)58-47(2,3)4)30-36(45)33-52-25-15-16-38(52)34-57-59(48(5,6)7,39-17-11-9-12-18-39)40-19-13-10-14-20-40/h9-14,17-24,30-32,38,54H,8,15-16,25-29,33-34H2,1-7H3/b24-22+/t38-/m1/s1. The third-order valence-electron chi connectivity index (χ3n) is 11.2. The van der Waals surface area contributed by atoms with E-state index in [2.05, 4.69) is 91.2 Å². The van der Waals surface area contributed by atoms with E-state index in [0.717, 1.165) is 30.6 Å². The summed E-state index contributed by atoms with van der Waals surface area (Å²) in [5, 5.41) is 14.0. The maximum atomic E-state index is 13.7. The number of carbonyl (C=O) groups excluding carboxylic acids is 2. The Morgan fingerprint density at radius 3 is 2.08 bits per heavy atom. The van der Waals surface area contributed by atoms with Crippen LogP contribution in [0, 0.1) is 0 Å². The van der Waals surface area contributed by atoms with Gasteiger partial charge in [-0.2, -0.15) is 0 Å². The van der Waals surface area contributed by atoms with Gasteiger partial charge in [0.2, 0.25) is 0 Å². The molecule has 2 aliphatic heterocycles. The van der Waals surface area contributed by atoms with Crippen LogP contribution in [-0.2, 0) is 15.7 Å². The van der Waals surface area contributed by atoms with Crippen molar-refractivity contribution in [3.8, 4) is 11.5 Å². The van der Waals surface area contributed by atoms with Crippen molar-refractivity contribution < 1.29 is 28.6 Å². The van der Waals surface area contributed by atoms with Crippen LogP contribution in [-0.4, -0.2) is 92.7 Å². The van der Waals surface area contributed by atoms with Crippen LogP contribution in [0.2, 0.25) is 10.1 Å². The van der Waals surface area contributed by atoms with Crippen molar-refractivity contribution in [1.82, 2.24) is 9.80 Å². The number of likely N-dealkylation sites (tertiary alicyclic amines) is 1. The normalized spacial score (nSPS) is 16.8. The van der Waals surface area contributed by atoms with Crippen LogP contribution in [0.1, 0.15) is 82.8 Å². The Morgan fingerprint density at radius 2 is 1.51 bits per heavy atom. The zero-order valence-electron chi connectivity index (χ0n) is 35.7. The monoisotopic (exact) mass is 837 g/mol. The predicted octanol–water partition coefficient (Wildman–Crippen LogP) is 8.94. The molecule has 11 heteroatoms. The molecule has 0 saturated carbocycles. The van der Waals surface area contributed by atoms with Gasteiger partial charge in [0.05, 0.1) is 18.8 Å². The van der Waals surface area contributed by atoms with Crippen LogP contribution in [0.25, 0.3) is 6.08 Å². The summed E-state index contributed by atoms with van der Waals surface area (Å²) < 4.78 is 18.9. The molecule has 314 valence electrons. The minimum Gasteiger partial charge on any atom is -0.507 e. The van der Waals surface area contributed by atoms with Crippen molar-refractivity contribution in [2.45, 2.75) is 84.5 Å². The van der Waals surface area contributed by atoms with Crippen molar-refractivity contribution in [1.29, 1.82) is 0 Å². The Bertz CT molecular complexity index is 2050. The van der Waals surface area contributed by atoms with Gasteiger partial charge in [0.25, 0.3) is 8.32 Å². The zero-order chi connectivity index (χ0) is 42.4. The Hall–Kier alpha value is -4.61. The van der Waals surface area contributed by atoms with Crippen molar-refractivity contribution in [3.05, 3.63) is 119 Å². The molecule has 6 rings (SSSR count). The molecule has 59 heavy (non-hydrogen) atoms. The summed E-state index contributed by atoms with van der Waals surface area (Å²) in [6, 6.07) is 30.7. The van der Waals surface area contributed by atoms with Gasteiger partial charge in [0.1, 0.15) is 17.1 Å². The number of nitrogens with zero attached hydrogens (tertiary/aromatic N) is 3. The maximum Gasteiger partial charge on any atom is 0.410 e. The van der Waals surface area contributed by atoms with Crippen LogP contribution in [0.4, 0.5) is 10.5 Å². The Morgan fingerprint density at radius 1 is 0.864 bits per heavy atom. The molecule has 2 saturated heterocycles. The van der Waals surface area contributed by atoms with E-state index in [9.17, 15) is 14.7 Å². The molecule has 2 fully saturated rings. The van der Waals surface area contributed by atoms with Crippen molar-refractivity contribution in [2.75, 3.05) is 50.8 Å². The summed E-state index contributed by atoms with van der Waals surface area (Å²) in [6.45, 7) is 19.2. The average Bonchev–Trinajstić information content (AvgIpc) is 3.65. The lowest BCUT2D eigenvalue weighted by molar-refractivity contribution is 0.0240. The van der Waals surface area contributed by atoms with Crippen molar-refractivity contribution in [2.24, 2.45) is 0 Å². The van der Waals surface area contributed by atoms with Gasteiger partial charge < -0.3 is 28.8 Å². The van der Waals surface area contributed by atoms with Crippen LogP contribution in [0.5, 0.6) is 11.5 Å². The quantitative estimate of drug-likeness (QED) is 0.0812. The Kier molecular flexibility index (Phi) is 14.0. The molecule has 1 N–H and O–H groups in total. The molecule has 1 atom stereocenters. The van der Waals surface area contributed by atoms with E-state index < -0.39 is 13.9 Å².